The summed E-state index contributed by atoms with van der Waals surface area (Å²) in [6.07, 6.45) is 6.46. The second-order valence-electron chi connectivity index (χ2n) is 7.19. The highest BCUT2D eigenvalue weighted by Crippen LogP contribution is 2.27. The Labute approximate surface area is 166 Å². The monoisotopic (exact) mass is 375 g/mol. The third-order valence-corrected chi connectivity index (χ3v) is 5.36. The van der Waals surface area contributed by atoms with Crippen molar-refractivity contribution >= 4 is 27.5 Å². The third-order valence-electron chi connectivity index (χ3n) is 5.36. The number of nitrogens with zero attached hydrogens (tertiary/aromatic N) is 4. The fraction of sp³-hybridized carbons (Fsp3) is 0.0417. The Kier molecular flexibility index (Phi) is 3.46. The van der Waals surface area contributed by atoms with Crippen molar-refractivity contribution in [3.63, 3.8) is 0 Å². The Hall–Kier alpha value is -3.99. The molecule has 0 fully saturated rings. The molecule has 4 heterocycles. The molecule has 0 aliphatic rings. The Morgan fingerprint density at radius 3 is 2.90 bits per heavy atom. The number of nitrogens with one attached hydrogen (secondary N) is 1. The van der Waals surface area contributed by atoms with Crippen molar-refractivity contribution in [1.29, 1.82) is 0 Å². The van der Waals surface area contributed by atoms with E-state index in [0.29, 0.717) is 0 Å². The first kappa shape index (κ1) is 16.0. The molecule has 5 nitrogen and oxygen atoms in total. The number of aromatic amines is 1. The highest BCUT2D eigenvalue weighted by Gasteiger charge is 2.11. The van der Waals surface area contributed by atoms with Gasteiger partial charge in [-0.1, -0.05) is 24.3 Å². The van der Waals surface area contributed by atoms with Gasteiger partial charge in [0, 0.05) is 40.7 Å². The quantitative estimate of drug-likeness (QED) is 0.473. The van der Waals surface area contributed by atoms with Crippen molar-refractivity contribution < 1.29 is 0 Å². The van der Waals surface area contributed by atoms with Gasteiger partial charge >= 0.3 is 0 Å². The van der Waals surface area contributed by atoms with Gasteiger partial charge in [-0.05, 0) is 48.0 Å². The average Bonchev–Trinajstić information content (AvgIpc) is 3.40. The normalized spacial score (nSPS) is 11.6. The number of fused-ring (bicyclic) bond motifs is 3. The predicted molar refractivity (Wildman–Crippen MR) is 115 cm³/mol. The van der Waals surface area contributed by atoms with Crippen molar-refractivity contribution in [1.82, 2.24) is 24.6 Å². The Balaban J connectivity index is 1.44. The molecule has 6 rings (SSSR count). The number of imidazole rings is 1. The highest BCUT2D eigenvalue weighted by molar-refractivity contribution is 5.94. The van der Waals surface area contributed by atoms with Gasteiger partial charge in [0.2, 0.25) is 0 Å². The van der Waals surface area contributed by atoms with Crippen molar-refractivity contribution in [3.8, 4) is 11.3 Å². The first-order chi connectivity index (χ1) is 14.3. The van der Waals surface area contributed by atoms with E-state index in [4.69, 9.17) is 5.10 Å². The van der Waals surface area contributed by atoms with E-state index < -0.39 is 0 Å². The molecule has 29 heavy (non-hydrogen) atoms. The number of pyridine rings is 1. The summed E-state index contributed by atoms with van der Waals surface area (Å²) in [6, 6.07) is 22.8. The second kappa shape index (κ2) is 6.27. The number of rotatable bonds is 3. The predicted octanol–water partition coefficient (Wildman–Crippen LogP) is 5.02. The lowest BCUT2D eigenvalue weighted by atomic mass is 10.1. The molecule has 0 saturated heterocycles. The first-order valence-corrected chi connectivity index (χ1v) is 9.59. The smallest absolute Gasteiger partial charge is 0.153 e. The second-order valence-corrected chi connectivity index (χ2v) is 7.19. The van der Waals surface area contributed by atoms with Gasteiger partial charge in [0.15, 0.2) is 5.65 Å². The standard InChI is InChI=1S/C24H17N5/c1-4-19(20-10-12-26-22(20)5-1)23-8-9-24-27-15-18(29(24)28-23)14-16-6-7-21-17(13-16)3-2-11-25-21/h1-13,15,26H,14H2. The number of hydrogen-bond acceptors (Lipinski definition) is 3. The summed E-state index contributed by atoms with van der Waals surface area (Å²) >= 11 is 0. The molecule has 0 saturated carbocycles. The van der Waals surface area contributed by atoms with Crippen LogP contribution in [0.4, 0.5) is 0 Å². The summed E-state index contributed by atoms with van der Waals surface area (Å²) < 4.78 is 1.95. The maximum absolute atomic E-state index is 4.92. The Morgan fingerprint density at radius 2 is 1.90 bits per heavy atom. The summed E-state index contributed by atoms with van der Waals surface area (Å²) in [6.45, 7) is 0. The third kappa shape index (κ3) is 2.67. The number of aromatic nitrogens is 5. The molecule has 0 amide bonds. The van der Waals surface area contributed by atoms with Gasteiger partial charge in [-0.3, -0.25) is 4.98 Å². The van der Waals surface area contributed by atoms with Crippen LogP contribution in [0.5, 0.6) is 0 Å². The molecule has 0 bridgehead atoms. The molecular weight excluding hydrogens is 358 g/mol. The minimum Gasteiger partial charge on any atom is -0.361 e. The van der Waals surface area contributed by atoms with E-state index in [2.05, 4.69) is 63.5 Å². The van der Waals surface area contributed by atoms with Crippen LogP contribution in [0.2, 0.25) is 0 Å². The molecular formula is C24H17N5. The maximum Gasteiger partial charge on any atom is 0.153 e. The van der Waals surface area contributed by atoms with Crippen molar-refractivity contribution in [2.24, 2.45) is 0 Å². The van der Waals surface area contributed by atoms with Crippen LogP contribution in [0, 0.1) is 0 Å². The van der Waals surface area contributed by atoms with E-state index in [1.807, 2.05) is 41.3 Å². The van der Waals surface area contributed by atoms with Gasteiger partial charge in [0.25, 0.3) is 0 Å². The summed E-state index contributed by atoms with van der Waals surface area (Å²) in [5, 5.41) is 7.24. The summed E-state index contributed by atoms with van der Waals surface area (Å²) in [4.78, 5) is 12.2. The topological polar surface area (TPSA) is 58.9 Å². The fourth-order valence-electron chi connectivity index (χ4n) is 3.94. The van der Waals surface area contributed by atoms with Crippen molar-refractivity contribution in [2.45, 2.75) is 6.42 Å². The zero-order valence-corrected chi connectivity index (χ0v) is 15.6. The Bertz CT molecular complexity index is 1490. The van der Waals surface area contributed by atoms with Crippen molar-refractivity contribution in [3.05, 3.63) is 96.6 Å². The number of benzene rings is 2. The van der Waals surface area contributed by atoms with E-state index in [9.17, 15) is 0 Å². The van der Waals surface area contributed by atoms with Gasteiger partial charge < -0.3 is 4.98 Å². The lowest BCUT2D eigenvalue weighted by Gasteiger charge is -2.07. The van der Waals surface area contributed by atoms with Crippen LogP contribution in [0.25, 0.3) is 38.7 Å². The molecule has 6 aromatic rings. The van der Waals surface area contributed by atoms with E-state index in [1.54, 1.807) is 0 Å². The van der Waals surface area contributed by atoms with E-state index in [-0.39, 0.29) is 0 Å². The molecule has 5 heteroatoms. The zero-order chi connectivity index (χ0) is 19.2. The summed E-state index contributed by atoms with van der Waals surface area (Å²) in [7, 11) is 0. The van der Waals surface area contributed by atoms with Gasteiger partial charge in [0.1, 0.15) is 0 Å². The molecule has 4 aromatic heterocycles. The van der Waals surface area contributed by atoms with E-state index in [1.165, 1.54) is 10.9 Å². The number of H-pyrrole nitrogens is 1. The zero-order valence-electron chi connectivity index (χ0n) is 15.6. The van der Waals surface area contributed by atoms with Crippen molar-refractivity contribution in [2.75, 3.05) is 0 Å². The van der Waals surface area contributed by atoms with Gasteiger partial charge in [-0.25, -0.2) is 9.50 Å². The van der Waals surface area contributed by atoms with Crippen LogP contribution in [-0.4, -0.2) is 24.6 Å². The summed E-state index contributed by atoms with van der Waals surface area (Å²) in [5.74, 6) is 0. The lowest BCUT2D eigenvalue weighted by molar-refractivity contribution is 0.877. The van der Waals surface area contributed by atoms with Crippen LogP contribution in [0.1, 0.15) is 11.3 Å². The molecule has 0 aliphatic carbocycles. The number of hydrogen-bond donors (Lipinski definition) is 1. The molecule has 0 radical (unpaired) electrons. The van der Waals surface area contributed by atoms with Crippen LogP contribution < -0.4 is 0 Å². The molecule has 0 unspecified atom stereocenters. The lowest BCUT2D eigenvalue weighted by Crippen LogP contribution is -2.00. The van der Waals surface area contributed by atoms with Gasteiger partial charge in [-0.2, -0.15) is 5.10 Å². The molecule has 2 aromatic carbocycles. The van der Waals surface area contributed by atoms with E-state index in [0.717, 1.165) is 45.4 Å². The fourth-order valence-corrected chi connectivity index (χ4v) is 3.94. The largest absolute Gasteiger partial charge is 0.361 e. The Morgan fingerprint density at radius 1 is 0.897 bits per heavy atom. The van der Waals surface area contributed by atoms with Gasteiger partial charge in [-0.15, -0.1) is 0 Å². The molecule has 138 valence electrons. The molecule has 0 atom stereocenters. The average molecular weight is 375 g/mol. The van der Waals surface area contributed by atoms with Gasteiger partial charge in [0.05, 0.1) is 23.1 Å². The molecule has 0 spiro atoms. The van der Waals surface area contributed by atoms with Crippen LogP contribution in [0.15, 0.2) is 85.3 Å². The minimum absolute atomic E-state index is 0.761. The van der Waals surface area contributed by atoms with Crippen LogP contribution in [0.3, 0.4) is 0 Å². The minimum atomic E-state index is 0.761. The molecule has 1 N–H and O–H groups in total. The SMILES string of the molecule is c1cnc2ccc(Cc3cnc4ccc(-c5cccc6[nH]ccc56)nn34)cc2c1. The van der Waals surface area contributed by atoms with E-state index >= 15 is 0 Å². The first-order valence-electron chi connectivity index (χ1n) is 9.59. The van der Waals surface area contributed by atoms with Crippen LogP contribution >= 0.6 is 0 Å². The highest BCUT2D eigenvalue weighted by atomic mass is 15.3. The van der Waals surface area contributed by atoms with Crippen LogP contribution in [-0.2, 0) is 6.42 Å². The summed E-state index contributed by atoms with van der Waals surface area (Å²) in [5.41, 5.74) is 7.30. The molecule has 0 aliphatic heterocycles. The maximum atomic E-state index is 4.92.